The summed E-state index contributed by atoms with van der Waals surface area (Å²) in [6, 6.07) is 9.19. The first-order valence-corrected chi connectivity index (χ1v) is 8.70. The first kappa shape index (κ1) is 20.4. The molecule has 0 amide bonds. The van der Waals surface area contributed by atoms with Crippen molar-refractivity contribution in [1.82, 2.24) is 0 Å². The van der Waals surface area contributed by atoms with E-state index in [1.54, 1.807) is 39.5 Å². The number of methoxy groups -OCH3 is 3. The number of ether oxygens (including phenoxy) is 4. The van der Waals surface area contributed by atoms with Gasteiger partial charge in [0.05, 0.1) is 21.3 Å². The topological polar surface area (TPSA) is 54.0 Å². The van der Waals surface area contributed by atoms with Crippen molar-refractivity contribution in [2.24, 2.45) is 0 Å². The number of aryl methyl sites for hydroxylation is 1. The molecule has 0 aliphatic rings. The van der Waals surface area contributed by atoms with Crippen molar-refractivity contribution in [2.75, 3.05) is 21.3 Å². The zero-order valence-electron chi connectivity index (χ0n) is 16.7. The van der Waals surface area contributed by atoms with Crippen molar-refractivity contribution in [3.63, 3.8) is 0 Å². The molecule has 2 rings (SSSR count). The predicted octanol–water partition coefficient (Wildman–Crippen LogP) is 4.76. The molecule has 2 aromatic carbocycles. The molecule has 0 fully saturated rings. The van der Waals surface area contributed by atoms with Gasteiger partial charge in [-0.3, -0.25) is 0 Å². The van der Waals surface area contributed by atoms with Crippen LogP contribution >= 0.6 is 0 Å². The normalized spacial score (nSPS) is 10.9. The van der Waals surface area contributed by atoms with Crippen LogP contribution in [0.25, 0.3) is 6.08 Å². The highest BCUT2D eigenvalue weighted by Crippen LogP contribution is 2.38. The van der Waals surface area contributed by atoms with Gasteiger partial charge in [0.25, 0.3) is 0 Å². The monoisotopic (exact) mass is 370 g/mol. The van der Waals surface area contributed by atoms with E-state index in [1.165, 1.54) is 11.6 Å². The fourth-order valence-electron chi connectivity index (χ4n) is 2.87. The maximum atomic E-state index is 12.2. The van der Waals surface area contributed by atoms with Crippen molar-refractivity contribution in [3.05, 3.63) is 53.1 Å². The Morgan fingerprint density at radius 1 is 0.963 bits per heavy atom. The van der Waals surface area contributed by atoms with Crippen LogP contribution in [0.2, 0.25) is 0 Å². The van der Waals surface area contributed by atoms with Crippen LogP contribution in [0, 0.1) is 6.92 Å². The second kappa shape index (κ2) is 9.12. The number of carbonyl (C=O) groups excluding carboxylic acids is 1. The quantitative estimate of drug-likeness (QED) is 0.399. The van der Waals surface area contributed by atoms with Gasteiger partial charge >= 0.3 is 5.97 Å². The Labute approximate surface area is 160 Å². The smallest absolute Gasteiger partial charge is 0.336 e. The molecular weight excluding hydrogens is 344 g/mol. The Kier molecular flexibility index (Phi) is 6.88. The van der Waals surface area contributed by atoms with Gasteiger partial charge in [-0.15, -0.1) is 0 Å². The summed E-state index contributed by atoms with van der Waals surface area (Å²) >= 11 is 0. The van der Waals surface area contributed by atoms with E-state index < -0.39 is 5.97 Å². The second-order valence-corrected chi connectivity index (χ2v) is 6.39. The van der Waals surface area contributed by atoms with Crippen LogP contribution in [0.1, 0.15) is 36.5 Å². The van der Waals surface area contributed by atoms with Crippen LogP contribution in [0.3, 0.4) is 0 Å². The molecule has 0 spiro atoms. The highest BCUT2D eigenvalue weighted by molar-refractivity contribution is 5.89. The van der Waals surface area contributed by atoms with Crippen molar-refractivity contribution in [2.45, 2.75) is 26.7 Å². The van der Waals surface area contributed by atoms with E-state index in [0.717, 1.165) is 11.1 Å². The highest BCUT2D eigenvalue weighted by atomic mass is 16.5. The minimum atomic E-state index is -0.458. The Morgan fingerprint density at radius 2 is 1.59 bits per heavy atom. The van der Waals surface area contributed by atoms with E-state index >= 15 is 0 Å². The number of hydrogen-bond donors (Lipinski definition) is 0. The molecule has 0 unspecified atom stereocenters. The lowest BCUT2D eigenvalue weighted by Gasteiger charge is -2.13. The molecular formula is C22H26O5. The van der Waals surface area contributed by atoms with Crippen LogP contribution in [-0.4, -0.2) is 27.3 Å². The van der Waals surface area contributed by atoms with Crippen LogP contribution < -0.4 is 18.9 Å². The molecule has 0 aromatic heterocycles. The van der Waals surface area contributed by atoms with Gasteiger partial charge in [-0.25, -0.2) is 4.79 Å². The van der Waals surface area contributed by atoms with Gasteiger partial charge in [0, 0.05) is 6.08 Å². The minimum Gasteiger partial charge on any atom is -0.493 e. The molecule has 0 atom stereocenters. The van der Waals surface area contributed by atoms with E-state index in [9.17, 15) is 4.79 Å². The summed E-state index contributed by atoms with van der Waals surface area (Å²) in [4.78, 5) is 12.2. The van der Waals surface area contributed by atoms with Gasteiger partial charge in [-0.1, -0.05) is 19.9 Å². The van der Waals surface area contributed by atoms with Gasteiger partial charge in [0.15, 0.2) is 11.5 Å². The van der Waals surface area contributed by atoms with E-state index in [1.807, 2.05) is 25.1 Å². The lowest BCUT2D eigenvalue weighted by Crippen LogP contribution is -2.04. The van der Waals surface area contributed by atoms with E-state index in [0.29, 0.717) is 28.9 Å². The summed E-state index contributed by atoms with van der Waals surface area (Å²) < 4.78 is 21.3. The molecule has 0 saturated heterocycles. The van der Waals surface area contributed by atoms with Crippen molar-refractivity contribution in [1.29, 1.82) is 0 Å². The number of benzene rings is 2. The molecule has 5 heteroatoms. The molecule has 0 aliphatic carbocycles. The molecule has 0 N–H and O–H groups in total. The maximum absolute atomic E-state index is 12.2. The number of hydrogen-bond acceptors (Lipinski definition) is 5. The molecule has 0 heterocycles. The largest absolute Gasteiger partial charge is 0.493 e. The van der Waals surface area contributed by atoms with Gasteiger partial charge < -0.3 is 18.9 Å². The van der Waals surface area contributed by atoms with Crippen LogP contribution in [0.4, 0.5) is 0 Å². The van der Waals surface area contributed by atoms with Crippen molar-refractivity contribution >= 4 is 12.0 Å². The zero-order chi connectivity index (χ0) is 20.0. The first-order valence-electron chi connectivity index (χ1n) is 8.70. The van der Waals surface area contributed by atoms with Gasteiger partial charge in [0.2, 0.25) is 5.75 Å². The number of esters is 1. The molecule has 0 saturated carbocycles. The van der Waals surface area contributed by atoms with Crippen LogP contribution in [0.5, 0.6) is 23.0 Å². The van der Waals surface area contributed by atoms with Crippen LogP contribution in [0.15, 0.2) is 36.4 Å². The molecule has 2 aromatic rings. The van der Waals surface area contributed by atoms with Crippen LogP contribution in [-0.2, 0) is 4.79 Å². The van der Waals surface area contributed by atoms with Gasteiger partial charge in [0.1, 0.15) is 5.75 Å². The number of carbonyl (C=O) groups is 1. The Morgan fingerprint density at radius 3 is 2.07 bits per heavy atom. The number of rotatable bonds is 7. The fraction of sp³-hybridized carbons (Fsp3) is 0.318. The minimum absolute atomic E-state index is 0.426. The third-order valence-corrected chi connectivity index (χ3v) is 4.18. The van der Waals surface area contributed by atoms with Gasteiger partial charge in [-0.05, 0) is 59.9 Å². The predicted molar refractivity (Wildman–Crippen MR) is 106 cm³/mol. The van der Waals surface area contributed by atoms with Gasteiger partial charge in [-0.2, -0.15) is 0 Å². The lowest BCUT2D eigenvalue weighted by molar-refractivity contribution is -0.128. The average Bonchev–Trinajstić information content (AvgIpc) is 2.65. The standard InChI is InChI=1S/C22H26O5/c1-14(2)18-9-8-17(11-15(18)3)27-21(23)10-7-16-12-19(24-4)22(26-6)20(13-16)25-5/h7-14H,1-6H3/b10-7+. The summed E-state index contributed by atoms with van der Waals surface area (Å²) in [6.45, 7) is 6.28. The zero-order valence-corrected chi connectivity index (χ0v) is 16.7. The Hall–Kier alpha value is -2.95. The summed E-state index contributed by atoms with van der Waals surface area (Å²) in [5.41, 5.74) is 3.07. The molecule has 0 radical (unpaired) electrons. The summed E-state index contributed by atoms with van der Waals surface area (Å²) in [7, 11) is 4.63. The Bertz CT molecular complexity index is 812. The fourth-order valence-corrected chi connectivity index (χ4v) is 2.87. The van der Waals surface area contributed by atoms with E-state index in [2.05, 4.69) is 13.8 Å². The maximum Gasteiger partial charge on any atom is 0.336 e. The van der Waals surface area contributed by atoms with E-state index in [-0.39, 0.29) is 0 Å². The van der Waals surface area contributed by atoms with Crippen molar-refractivity contribution < 1.29 is 23.7 Å². The highest BCUT2D eigenvalue weighted by Gasteiger charge is 2.12. The summed E-state index contributed by atoms with van der Waals surface area (Å²) in [6.07, 6.45) is 3.01. The molecule has 0 aliphatic heterocycles. The molecule has 144 valence electrons. The second-order valence-electron chi connectivity index (χ2n) is 6.39. The third kappa shape index (κ3) is 5.03. The van der Waals surface area contributed by atoms with E-state index in [4.69, 9.17) is 18.9 Å². The van der Waals surface area contributed by atoms with Crippen molar-refractivity contribution in [3.8, 4) is 23.0 Å². The summed E-state index contributed by atoms with van der Waals surface area (Å²) in [5.74, 6) is 2.03. The molecule has 5 nitrogen and oxygen atoms in total. The molecule has 0 bridgehead atoms. The third-order valence-electron chi connectivity index (χ3n) is 4.18. The average molecular weight is 370 g/mol. The first-order chi connectivity index (χ1) is 12.9. The lowest BCUT2D eigenvalue weighted by atomic mass is 9.98. The summed E-state index contributed by atoms with van der Waals surface area (Å²) in [5, 5.41) is 0. The Balaban J connectivity index is 2.16. The molecule has 27 heavy (non-hydrogen) atoms. The SMILES string of the molecule is COc1cc(/C=C/C(=O)Oc2ccc(C(C)C)c(C)c2)cc(OC)c1OC.